The van der Waals surface area contributed by atoms with Crippen LogP contribution in [0.4, 0.5) is 0 Å². The Morgan fingerprint density at radius 3 is 1.37 bits per heavy atom. The average Bonchev–Trinajstić information content (AvgIpc) is 3.14. The first-order valence-electron chi connectivity index (χ1n) is 15.9. The van der Waals surface area contributed by atoms with Crippen LogP contribution in [-0.2, 0) is 0 Å². The first-order valence-corrected chi connectivity index (χ1v) is 15.9. The second-order valence-corrected chi connectivity index (χ2v) is 12.1. The molecule has 0 amide bonds. The summed E-state index contributed by atoms with van der Waals surface area (Å²) >= 11 is 0. The topological polar surface area (TPSA) is 0 Å². The van der Waals surface area contributed by atoms with E-state index in [-0.39, 0.29) is 0 Å². The molecule has 214 valence electrons. The maximum absolute atomic E-state index is 2.30. The molecule has 9 rings (SSSR count). The second-order valence-electron chi connectivity index (χ2n) is 12.1. The highest BCUT2D eigenvalue weighted by molar-refractivity contribution is 6.24. The van der Waals surface area contributed by atoms with Crippen molar-refractivity contribution in [3.63, 3.8) is 0 Å². The van der Waals surface area contributed by atoms with Gasteiger partial charge in [-0.3, -0.25) is 0 Å². The van der Waals surface area contributed by atoms with Gasteiger partial charge in [0.2, 0.25) is 0 Å². The molecule has 0 N–H and O–H groups in total. The zero-order valence-electron chi connectivity index (χ0n) is 25.3. The van der Waals surface area contributed by atoms with E-state index in [9.17, 15) is 0 Å². The maximum atomic E-state index is 2.30. The van der Waals surface area contributed by atoms with E-state index in [0.29, 0.717) is 0 Å². The highest BCUT2D eigenvalue weighted by Crippen LogP contribution is 2.46. The van der Waals surface area contributed by atoms with E-state index >= 15 is 0 Å². The van der Waals surface area contributed by atoms with Gasteiger partial charge in [-0.2, -0.15) is 0 Å². The van der Waals surface area contributed by atoms with Crippen LogP contribution in [0.1, 0.15) is 0 Å². The van der Waals surface area contributed by atoms with Crippen molar-refractivity contribution in [3.8, 4) is 44.5 Å². The minimum atomic E-state index is 1.22. The zero-order valence-corrected chi connectivity index (χ0v) is 25.3. The molecule has 0 heteroatoms. The predicted molar refractivity (Wildman–Crippen MR) is 198 cm³/mol. The van der Waals surface area contributed by atoms with Crippen molar-refractivity contribution < 1.29 is 0 Å². The van der Waals surface area contributed by atoms with Gasteiger partial charge in [0.05, 0.1) is 0 Å². The van der Waals surface area contributed by atoms with Crippen molar-refractivity contribution in [2.45, 2.75) is 0 Å². The summed E-state index contributed by atoms with van der Waals surface area (Å²) in [7, 11) is 0. The Kier molecular flexibility index (Phi) is 6.25. The molecule has 46 heavy (non-hydrogen) atoms. The first kappa shape index (κ1) is 26.4. The van der Waals surface area contributed by atoms with Gasteiger partial charge < -0.3 is 0 Å². The largest absolute Gasteiger partial charge is 0.0622 e. The molecule has 0 saturated heterocycles. The number of hydrogen-bond acceptors (Lipinski definition) is 0. The van der Waals surface area contributed by atoms with Gasteiger partial charge in [-0.15, -0.1) is 0 Å². The molecule has 0 spiro atoms. The normalized spacial score (nSPS) is 11.5. The molecule has 0 bridgehead atoms. The Hall–Kier alpha value is -5.98. The molecule has 0 aromatic heterocycles. The molecule has 9 aromatic rings. The molecule has 0 radical (unpaired) electrons. The quantitative estimate of drug-likeness (QED) is 0.143. The summed E-state index contributed by atoms with van der Waals surface area (Å²) in [5.74, 6) is 0. The summed E-state index contributed by atoms with van der Waals surface area (Å²) in [5.41, 5.74) is 9.99. The molecule has 0 heterocycles. The minimum Gasteiger partial charge on any atom is -0.0622 e. The van der Waals surface area contributed by atoms with Crippen molar-refractivity contribution in [1.29, 1.82) is 0 Å². The van der Waals surface area contributed by atoms with Gasteiger partial charge in [0, 0.05) is 0 Å². The minimum absolute atomic E-state index is 1.22. The molecule has 0 aliphatic carbocycles. The summed E-state index contributed by atoms with van der Waals surface area (Å²) in [6, 6.07) is 66.4. The van der Waals surface area contributed by atoms with Crippen LogP contribution >= 0.6 is 0 Å². The summed E-state index contributed by atoms with van der Waals surface area (Å²) in [6.45, 7) is 0. The highest BCUT2D eigenvalue weighted by Gasteiger charge is 2.18. The van der Waals surface area contributed by atoms with Crippen LogP contribution in [-0.4, -0.2) is 0 Å². The van der Waals surface area contributed by atoms with Crippen LogP contribution < -0.4 is 0 Å². The van der Waals surface area contributed by atoms with Crippen LogP contribution in [0.25, 0.3) is 87.6 Å². The van der Waals surface area contributed by atoms with Crippen molar-refractivity contribution in [1.82, 2.24) is 0 Å². The summed E-state index contributed by atoms with van der Waals surface area (Å²) in [6.07, 6.45) is 0. The van der Waals surface area contributed by atoms with Gasteiger partial charge in [-0.1, -0.05) is 176 Å². The van der Waals surface area contributed by atoms with E-state index < -0.39 is 0 Å². The first-order chi connectivity index (χ1) is 22.8. The Balaban J connectivity index is 1.24. The summed E-state index contributed by atoms with van der Waals surface area (Å²) < 4.78 is 0. The Morgan fingerprint density at radius 1 is 0.217 bits per heavy atom. The lowest BCUT2D eigenvalue weighted by molar-refractivity contribution is 1.58. The number of benzene rings is 9. The average molecular weight is 583 g/mol. The van der Waals surface area contributed by atoms with Crippen molar-refractivity contribution in [2.24, 2.45) is 0 Å². The molecule has 0 unspecified atom stereocenters. The lowest BCUT2D eigenvalue weighted by atomic mass is 9.84. The monoisotopic (exact) mass is 582 g/mol. The molecule has 0 saturated carbocycles. The van der Waals surface area contributed by atoms with E-state index in [0.717, 1.165) is 0 Å². The van der Waals surface area contributed by atoms with Crippen LogP contribution in [0, 0.1) is 0 Å². The van der Waals surface area contributed by atoms with E-state index in [4.69, 9.17) is 0 Å². The second kappa shape index (κ2) is 10.9. The Morgan fingerprint density at radius 2 is 0.696 bits per heavy atom. The SMILES string of the molecule is c1ccc(-c2cccc(-c3ccc(-c4c5ccccc5c(-c5cccc6c5ccc5ccccc56)c5ccccc45)cc3)c2)cc1. The van der Waals surface area contributed by atoms with Gasteiger partial charge in [0.25, 0.3) is 0 Å². The van der Waals surface area contributed by atoms with Crippen molar-refractivity contribution in [3.05, 3.63) is 182 Å². The van der Waals surface area contributed by atoms with E-state index in [1.54, 1.807) is 0 Å². The van der Waals surface area contributed by atoms with Crippen LogP contribution in [0.5, 0.6) is 0 Å². The van der Waals surface area contributed by atoms with Gasteiger partial charge in [-0.25, -0.2) is 0 Å². The highest BCUT2D eigenvalue weighted by atomic mass is 14.2. The van der Waals surface area contributed by atoms with Crippen molar-refractivity contribution >= 4 is 43.1 Å². The van der Waals surface area contributed by atoms with Gasteiger partial charge in [-0.05, 0) is 93.7 Å². The Bertz CT molecular complexity index is 2500. The maximum Gasteiger partial charge on any atom is -0.00201 e. The summed E-state index contributed by atoms with van der Waals surface area (Å²) in [5, 5.41) is 10.2. The van der Waals surface area contributed by atoms with Gasteiger partial charge >= 0.3 is 0 Å². The number of rotatable bonds is 4. The Labute approximate surface area is 268 Å². The van der Waals surface area contributed by atoms with E-state index in [1.165, 1.54) is 87.6 Å². The third-order valence-corrected chi connectivity index (χ3v) is 9.46. The number of hydrogen-bond donors (Lipinski definition) is 0. The van der Waals surface area contributed by atoms with Gasteiger partial charge in [0.1, 0.15) is 0 Å². The van der Waals surface area contributed by atoms with E-state index in [1.807, 2.05) is 0 Å². The fourth-order valence-corrected chi connectivity index (χ4v) is 7.33. The molecule has 0 fully saturated rings. The molecule has 0 nitrogen and oxygen atoms in total. The van der Waals surface area contributed by atoms with Gasteiger partial charge in [0.15, 0.2) is 0 Å². The molecule has 0 aliphatic heterocycles. The fraction of sp³-hybridized carbons (Fsp3) is 0. The van der Waals surface area contributed by atoms with E-state index in [2.05, 4.69) is 182 Å². The predicted octanol–water partition coefficient (Wildman–Crippen LogP) is 13.0. The fourth-order valence-electron chi connectivity index (χ4n) is 7.33. The third kappa shape index (κ3) is 4.30. The smallest absolute Gasteiger partial charge is 0.00201 e. The molecular weight excluding hydrogens is 553 g/mol. The van der Waals surface area contributed by atoms with Crippen LogP contribution in [0.15, 0.2) is 182 Å². The van der Waals surface area contributed by atoms with Crippen molar-refractivity contribution in [2.75, 3.05) is 0 Å². The lowest BCUT2D eigenvalue weighted by Gasteiger charge is -2.19. The molecular formula is C46H30. The standard InChI is InChI=1S/C46H30/c1-2-12-31(13-3-1)35-15-10-16-36(30-35)32-24-26-34(27-25-32)45-41-18-6-8-20-43(41)46(44-21-9-7-19-42(44)45)40-23-11-22-38-37-17-5-4-14-33(37)28-29-39(38)40/h1-30H. The number of fused-ring (bicyclic) bond motifs is 5. The van der Waals surface area contributed by atoms with Crippen LogP contribution in [0.3, 0.4) is 0 Å². The molecule has 0 aliphatic rings. The molecule has 9 aromatic carbocycles. The third-order valence-electron chi connectivity index (χ3n) is 9.46. The zero-order chi connectivity index (χ0) is 30.5. The summed E-state index contributed by atoms with van der Waals surface area (Å²) in [4.78, 5) is 0. The molecule has 0 atom stereocenters. The van der Waals surface area contributed by atoms with Crippen LogP contribution in [0.2, 0.25) is 0 Å². The lowest BCUT2D eigenvalue weighted by Crippen LogP contribution is -1.92.